The maximum Gasteiger partial charge on any atom is 0.0139 e. The van der Waals surface area contributed by atoms with Crippen LogP contribution < -0.4 is 5.32 Å². The van der Waals surface area contributed by atoms with Gasteiger partial charge < -0.3 is 5.32 Å². The normalized spacial score (nSPS) is 17.1. The predicted octanol–water partition coefficient (Wildman–Crippen LogP) is 3.44. The highest BCUT2D eigenvalue weighted by Gasteiger charge is 2.11. The van der Waals surface area contributed by atoms with Gasteiger partial charge in [0.05, 0.1) is 0 Å². The summed E-state index contributed by atoms with van der Waals surface area (Å²) in [6, 6.07) is 10.6. The van der Waals surface area contributed by atoms with Crippen molar-refractivity contribution in [2.75, 3.05) is 0 Å². The predicted molar refractivity (Wildman–Crippen MR) is 62.8 cm³/mol. The third-order valence-electron chi connectivity index (χ3n) is 2.32. The van der Waals surface area contributed by atoms with Crippen molar-refractivity contribution in [3.05, 3.63) is 58.6 Å². The maximum atomic E-state index is 3.12. The van der Waals surface area contributed by atoms with E-state index >= 15 is 0 Å². The van der Waals surface area contributed by atoms with Gasteiger partial charge in [-0.05, 0) is 11.0 Å². The lowest BCUT2D eigenvalue weighted by Crippen LogP contribution is -2.03. The molecule has 0 saturated carbocycles. The lowest BCUT2D eigenvalue weighted by Gasteiger charge is -2.16. The van der Waals surface area contributed by atoms with Crippen LogP contribution in [0.4, 0.5) is 0 Å². The molecule has 0 bridgehead atoms. The molecule has 1 nitrogen and oxygen atoms in total. The number of rotatable bonds is 2. The average molecular weight is 203 g/mol. The second-order valence-corrected chi connectivity index (χ2v) is 4.25. The summed E-state index contributed by atoms with van der Waals surface area (Å²) >= 11 is 1.78. The molecule has 2 heteroatoms. The van der Waals surface area contributed by atoms with Crippen LogP contribution in [0.2, 0.25) is 0 Å². The van der Waals surface area contributed by atoms with Crippen LogP contribution in [0.1, 0.15) is 18.4 Å². The van der Waals surface area contributed by atoms with Crippen LogP contribution in [-0.2, 0) is 0 Å². The summed E-state index contributed by atoms with van der Waals surface area (Å²) in [6.07, 6.45) is 4.02. The molecule has 1 aliphatic heterocycles. The molecule has 2 rings (SSSR count). The molecule has 1 aliphatic rings. The summed E-state index contributed by atoms with van der Waals surface area (Å²) in [5.74, 6) is 0.471. The Balaban J connectivity index is 2.16. The van der Waals surface area contributed by atoms with Crippen LogP contribution >= 0.6 is 11.8 Å². The first-order chi connectivity index (χ1) is 6.88. The lowest BCUT2D eigenvalue weighted by molar-refractivity contribution is 0.934. The first-order valence-corrected chi connectivity index (χ1v) is 5.58. The highest BCUT2D eigenvalue weighted by molar-refractivity contribution is 8.05. The smallest absolute Gasteiger partial charge is 0.0139 e. The Labute approximate surface area is 88.9 Å². The molecule has 1 aromatic rings. The molecule has 1 aromatic carbocycles. The van der Waals surface area contributed by atoms with Crippen molar-refractivity contribution in [3.8, 4) is 0 Å². The van der Waals surface area contributed by atoms with Gasteiger partial charge in [0, 0.05) is 23.2 Å². The quantitative estimate of drug-likeness (QED) is 0.790. The summed E-state index contributed by atoms with van der Waals surface area (Å²) in [5.41, 5.74) is 1.36. The Morgan fingerprint density at radius 3 is 2.64 bits per heavy atom. The third-order valence-corrected chi connectivity index (χ3v) is 3.34. The van der Waals surface area contributed by atoms with E-state index in [4.69, 9.17) is 0 Å². The molecule has 0 spiro atoms. The number of nitrogens with one attached hydrogen (secondary N) is 1. The first-order valence-electron chi connectivity index (χ1n) is 4.70. The minimum absolute atomic E-state index is 0.471. The van der Waals surface area contributed by atoms with Crippen molar-refractivity contribution in [2.45, 2.75) is 12.8 Å². The van der Waals surface area contributed by atoms with E-state index in [0.29, 0.717) is 5.92 Å². The van der Waals surface area contributed by atoms with E-state index in [9.17, 15) is 0 Å². The van der Waals surface area contributed by atoms with Gasteiger partial charge in [-0.15, -0.1) is 0 Å². The largest absolute Gasteiger partial charge is 0.366 e. The topological polar surface area (TPSA) is 12.0 Å². The van der Waals surface area contributed by atoms with Crippen LogP contribution in [-0.4, -0.2) is 0 Å². The van der Waals surface area contributed by atoms with Crippen molar-refractivity contribution in [3.63, 3.8) is 0 Å². The van der Waals surface area contributed by atoms with Gasteiger partial charge in [0.25, 0.3) is 0 Å². The zero-order chi connectivity index (χ0) is 9.80. The van der Waals surface area contributed by atoms with Crippen LogP contribution in [0, 0.1) is 0 Å². The highest BCUT2D eigenvalue weighted by Crippen LogP contribution is 2.33. The Bertz CT molecular complexity index is 354. The summed E-state index contributed by atoms with van der Waals surface area (Å²) in [5, 5.41) is 5.20. The van der Waals surface area contributed by atoms with Crippen LogP contribution in [0.25, 0.3) is 0 Å². The fourth-order valence-corrected chi connectivity index (χ4v) is 2.23. The van der Waals surface area contributed by atoms with E-state index in [1.54, 1.807) is 11.8 Å². The molecule has 1 N–H and O–H groups in total. The molecular formula is C12H13NS. The second-order valence-electron chi connectivity index (χ2n) is 3.27. The molecule has 0 aliphatic carbocycles. The van der Waals surface area contributed by atoms with E-state index in [2.05, 4.69) is 54.2 Å². The molecule has 1 atom stereocenters. The van der Waals surface area contributed by atoms with Gasteiger partial charge in [0.1, 0.15) is 0 Å². The number of thioether (sulfide) groups is 1. The zero-order valence-electron chi connectivity index (χ0n) is 8.10. The Hall–Kier alpha value is -1.15. The Morgan fingerprint density at radius 2 is 2.00 bits per heavy atom. The van der Waals surface area contributed by atoms with Gasteiger partial charge in [0.15, 0.2) is 0 Å². The molecular weight excluding hydrogens is 190 g/mol. The number of benzene rings is 1. The fraction of sp³-hybridized carbons (Fsp3) is 0.167. The molecule has 0 saturated heterocycles. The van der Waals surface area contributed by atoms with Crippen molar-refractivity contribution in [1.82, 2.24) is 5.32 Å². The molecule has 0 amide bonds. The Kier molecular flexibility index (Phi) is 2.94. The molecule has 0 radical (unpaired) electrons. The summed E-state index contributed by atoms with van der Waals surface area (Å²) in [7, 11) is 0. The van der Waals surface area contributed by atoms with Gasteiger partial charge in [0.2, 0.25) is 0 Å². The minimum atomic E-state index is 0.471. The van der Waals surface area contributed by atoms with Crippen molar-refractivity contribution in [1.29, 1.82) is 0 Å². The molecule has 0 fully saturated rings. The molecule has 0 aromatic heterocycles. The monoisotopic (exact) mass is 203 g/mol. The van der Waals surface area contributed by atoms with E-state index in [0.717, 1.165) is 0 Å². The van der Waals surface area contributed by atoms with Crippen LogP contribution in [0.15, 0.2) is 53.0 Å². The number of hydrogen-bond donors (Lipinski definition) is 1. The van der Waals surface area contributed by atoms with Crippen LogP contribution in [0.5, 0.6) is 0 Å². The van der Waals surface area contributed by atoms with Crippen molar-refractivity contribution in [2.24, 2.45) is 0 Å². The van der Waals surface area contributed by atoms with E-state index in [1.807, 2.05) is 6.20 Å². The van der Waals surface area contributed by atoms with Gasteiger partial charge >= 0.3 is 0 Å². The Morgan fingerprint density at radius 1 is 1.21 bits per heavy atom. The summed E-state index contributed by atoms with van der Waals surface area (Å²) in [6.45, 7) is 2.23. The number of hydrogen-bond acceptors (Lipinski definition) is 2. The zero-order valence-corrected chi connectivity index (χ0v) is 8.92. The molecule has 1 heterocycles. The molecule has 14 heavy (non-hydrogen) atoms. The second kappa shape index (κ2) is 4.38. The summed E-state index contributed by atoms with van der Waals surface area (Å²) < 4.78 is 0. The SMILES string of the molecule is CC(C1=CNC=CS1)c1ccccc1. The van der Waals surface area contributed by atoms with Crippen molar-refractivity contribution < 1.29 is 0 Å². The van der Waals surface area contributed by atoms with Gasteiger partial charge in [-0.2, -0.15) is 0 Å². The average Bonchev–Trinajstić information content (AvgIpc) is 2.30. The highest BCUT2D eigenvalue weighted by atomic mass is 32.2. The lowest BCUT2D eigenvalue weighted by atomic mass is 10.0. The van der Waals surface area contributed by atoms with Gasteiger partial charge in [-0.3, -0.25) is 0 Å². The molecule has 1 unspecified atom stereocenters. The van der Waals surface area contributed by atoms with E-state index in [-0.39, 0.29) is 0 Å². The van der Waals surface area contributed by atoms with Crippen LogP contribution in [0.3, 0.4) is 0 Å². The van der Waals surface area contributed by atoms with E-state index in [1.165, 1.54) is 10.5 Å². The van der Waals surface area contributed by atoms with Crippen molar-refractivity contribution >= 4 is 11.8 Å². The minimum Gasteiger partial charge on any atom is -0.366 e. The molecule has 72 valence electrons. The summed E-state index contributed by atoms with van der Waals surface area (Å²) in [4.78, 5) is 1.36. The van der Waals surface area contributed by atoms with Gasteiger partial charge in [-0.1, -0.05) is 49.0 Å². The maximum absolute atomic E-state index is 3.12. The van der Waals surface area contributed by atoms with E-state index < -0.39 is 0 Å². The number of allylic oxidation sites excluding steroid dienone is 1. The third kappa shape index (κ3) is 2.02. The fourth-order valence-electron chi connectivity index (χ4n) is 1.45. The van der Waals surface area contributed by atoms with Gasteiger partial charge in [-0.25, -0.2) is 0 Å². The first kappa shape index (κ1) is 9.41. The standard InChI is InChI=1S/C12H13NS/c1-10(11-5-3-2-4-6-11)12-9-13-7-8-14-12/h2-10,13H,1H3.